The Bertz CT molecular complexity index is 1160. The summed E-state index contributed by atoms with van der Waals surface area (Å²) in [6.07, 6.45) is 0. The number of benzene rings is 3. The molecule has 0 aliphatic carbocycles. The van der Waals surface area contributed by atoms with E-state index in [2.05, 4.69) is 26.0 Å². The number of nitrogens with one attached hydrogen (secondary N) is 2. The van der Waals surface area contributed by atoms with Crippen molar-refractivity contribution in [2.75, 3.05) is 10.0 Å². The second kappa shape index (κ2) is 8.41. The topological polar surface area (TPSA) is 118 Å². The molecule has 0 fully saturated rings. The van der Waals surface area contributed by atoms with Crippen LogP contribution in [0.4, 0.5) is 17.1 Å². The molecule has 0 aromatic heterocycles. The van der Waals surface area contributed by atoms with Crippen LogP contribution in [-0.2, 0) is 10.0 Å². The van der Waals surface area contributed by atoms with Gasteiger partial charge in [0.25, 0.3) is 21.6 Å². The molecule has 0 bridgehead atoms. The van der Waals surface area contributed by atoms with Crippen LogP contribution in [0.1, 0.15) is 10.4 Å². The quantitative estimate of drug-likeness (QED) is 0.404. The molecule has 29 heavy (non-hydrogen) atoms. The van der Waals surface area contributed by atoms with Crippen molar-refractivity contribution in [1.82, 2.24) is 0 Å². The first-order valence-electron chi connectivity index (χ1n) is 8.19. The van der Waals surface area contributed by atoms with Crippen molar-refractivity contribution in [3.8, 4) is 0 Å². The van der Waals surface area contributed by atoms with E-state index in [-0.39, 0.29) is 21.8 Å². The van der Waals surface area contributed by atoms with Gasteiger partial charge in [-0.3, -0.25) is 19.6 Å². The van der Waals surface area contributed by atoms with E-state index in [1.54, 1.807) is 12.1 Å². The maximum Gasteiger partial charge on any atom is 0.271 e. The number of sulfonamides is 1. The van der Waals surface area contributed by atoms with E-state index in [1.807, 2.05) is 0 Å². The zero-order valence-electron chi connectivity index (χ0n) is 14.7. The van der Waals surface area contributed by atoms with E-state index in [4.69, 9.17) is 0 Å². The molecule has 0 heterocycles. The fraction of sp³-hybridized carbons (Fsp3) is 0. The molecule has 0 saturated heterocycles. The maximum absolute atomic E-state index is 12.4. The maximum atomic E-state index is 12.4. The molecule has 8 nitrogen and oxygen atoms in total. The first-order chi connectivity index (χ1) is 13.7. The van der Waals surface area contributed by atoms with Crippen LogP contribution in [0.3, 0.4) is 0 Å². The number of non-ortho nitro benzene ring substituents is 1. The first-order valence-corrected chi connectivity index (χ1v) is 10.5. The highest BCUT2D eigenvalue weighted by Crippen LogP contribution is 2.20. The van der Waals surface area contributed by atoms with E-state index in [0.29, 0.717) is 5.69 Å². The zero-order valence-corrected chi connectivity index (χ0v) is 17.1. The standard InChI is InChI=1S/C19H14BrN3O5S/c20-14-6-10-18(11-7-14)29(27,28)22-15-8-4-13(5-9-15)19(24)21-16-2-1-3-17(12-16)23(25)26/h1-12,22H,(H,21,24). The highest BCUT2D eigenvalue weighted by molar-refractivity contribution is 9.10. The number of hydrogen-bond donors (Lipinski definition) is 2. The Labute approximate surface area is 174 Å². The molecule has 148 valence electrons. The summed E-state index contributed by atoms with van der Waals surface area (Å²) < 4.78 is 28.0. The van der Waals surface area contributed by atoms with Crippen LogP contribution in [-0.4, -0.2) is 19.2 Å². The Balaban J connectivity index is 1.71. The summed E-state index contributed by atoms with van der Waals surface area (Å²) in [5.41, 5.74) is 0.702. The third kappa shape index (κ3) is 5.18. The van der Waals surface area contributed by atoms with E-state index >= 15 is 0 Å². The summed E-state index contributed by atoms with van der Waals surface area (Å²) in [6.45, 7) is 0. The summed E-state index contributed by atoms with van der Waals surface area (Å²) >= 11 is 3.25. The second-order valence-electron chi connectivity index (χ2n) is 5.90. The van der Waals surface area contributed by atoms with E-state index in [1.165, 1.54) is 60.7 Å². The van der Waals surface area contributed by atoms with Crippen molar-refractivity contribution in [3.05, 3.63) is 92.9 Å². The van der Waals surface area contributed by atoms with Gasteiger partial charge in [-0.15, -0.1) is 0 Å². The number of hydrogen-bond acceptors (Lipinski definition) is 5. The molecule has 0 radical (unpaired) electrons. The van der Waals surface area contributed by atoms with Crippen molar-refractivity contribution in [2.24, 2.45) is 0 Å². The van der Waals surface area contributed by atoms with Crippen LogP contribution in [0.15, 0.2) is 82.2 Å². The lowest BCUT2D eigenvalue weighted by Crippen LogP contribution is -2.14. The average Bonchev–Trinajstić information content (AvgIpc) is 2.68. The van der Waals surface area contributed by atoms with Gasteiger partial charge in [0.1, 0.15) is 0 Å². The third-order valence-electron chi connectivity index (χ3n) is 3.84. The third-order valence-corrected chi connectivity index (χ3v) is 5.76. The molecule has 0 atom stereocenters. The first kappa shape index (κ1) is 20.5. The van der Waals surface area contributed by atoms with Gasteiger partial charge >= 0.3 is 0 Å². The fourth-order valence-electron chi connectivity index (χ4n) is 2.42. The predicted molar refractivity (Wildman–Crippen MR) is 112 cm³/mol. The number of nitro benzene ring substituents is 1. The molecular weight excluding hydrogens is 462 g/mol. The Morgan fingerprint density at radius 3 is 2.21 bits per heavy atom. The molecule has 3 aromatic rings. The van der Waals surface area contributed by atoms with E-state index in [9.17, 15) is 23.3 Å². The van der Waals surface area contributed by atoms with Crippen LogP contribution < -0.4 is 10.0 Å². The molecule has 3 aromatic carbocycles. The SMILES string of the molecule is O=C(Nc1cccc([N+](=O)[O-])c1)c1ccc(NS(=O)(=O)c2ccc(Br)cc2)cc1. The minimum atomic E-state index is -3.76. The van der Waals surface area contributed by atoms with Gasteiger partial charge in [0, 0.05) is 33.5 Å². The van der Waals surface area contributed by atoms with Crippen LogP contribution in [0, 0.1) is 10.1 Å². The van der Waals surface area contributed by atoms with E-state index in [0.717, 1.165) is 4.47 Å². The molecule has 0 saturated carbocycles. The molecular formula is C19H14BrN3O5S. The summed E-state index contributed by atoms with van der Waals surface area (Å²) in [5.74, 6) is -0.479. The number of nitrogens with zero attached hydrogens (tertiary/aromatic N) is 1. The van der Waals surface area contributed by atoms with Gasteiger partial charge in [-0.05, 0) is 54.6 Å². The largest absolute Gasteiger partial charge is 0.322 e. The molecule has 0 aliphatic heterocycles. The normalized spacial score (nSPS) is 10.9. The molecule has 0 aliphatic rings. The van der Waals surface area contributed by atoms with Crippen molar-refractivity contribution < 1.29 is 18.1 Å². The number of carbonyl (C=O) groups excluding carboxylic acids is 1. The Morgan fingerprint density at radius 1 is 0.931 bits per heavy atom. The lowest BCUT2D eigenvalue weighted by Gasteiger charge is -2.09. The van der Waals surface area contributed by atoms with Gasteiger partial charge in [-0.2, -0.15) is 0 Å². The van der Waals surface area contributed by atoms with Gasteiger partial charge in [0.05, 0.1) is 9.82 Å². The molecule has 10 heteroatoms. The average molecular weight is 476 g/mol. The lowest BCUT2D eigenvalue weighted by atomic mass is 10.2. The second-order valence-corrected chi connectivity index (χ2v) is 8.50. The van der Waals surface area contributed by atoms with Crippen molar-refractivity contribution >= 4 is 48.9 Å². The zero-order chi connectivity index (χ0) is 21.0. The smallest absolute Gasteiger partial charge is 0.271 e. The van der Waals surface area contributed by atoms with Crippen LogP contribution in [0.5, 0.6) is 0 Å². The molecule has 3 rings (SSSR count). The number of carbonyl (C=O) groups is 1. The van der Waals surface area contributed by atoms with Crippen molar-refractivity contribution in [2.45, 2.75) is 4.90 Å². The summed E-state index contributed by atoms with van der Waals surface area (Å²) in [4.78, 5) is 22.7. The van der Waals surface area contributed by atoms with E-state index < -0.39 is 20.9 Å². The number of halogens is 1. The Hall–Kier alpha value is -3.24. The molecule has 0 unspecified atom stereocenters. The molecule has 0 spiro atoms. The lowest BCUT2D eigenvalue weighted by molar-refractivity contribution is -0.384. The summed E-state index contributed by atoms with van der Waals surface area (Å²) in [6, 6.07) is 17.6. The Morgan fingerprint density at radius 2 is 1.59 bits per heavy atom. The highest BCUT2D eigenvalue weighted by atomic mass is 79.9. The van der Waals surface area contributed by atoms with Gasteiger partial charge in [0.2, 0.25) is 0 Å². The van der Waals surface area contributed by atoms with Gasteiger partial charge in [0.15, 0.2) is 0 Å². The monoisotopic (exact) mass is 475 g/mol. The van der Waals surface area contributed by atoms with Crippen LogP contribution in [0.2, 0.25) is 0 Å². The number of anilines is 2. The number of amides is 1. The van der Waals surface area contributed by atoms with Crippen molar-refractivity contribution in [1.29, 1.82) is 0 Å². The molecule has 1 amide bonds. The summed E-state index contributed by atoms with van der Waals surface area (Å²) in [5, 5.41) is 13.4. The molecule has 2 N–H and O–H groups in total. The predicted octanol–water partition coefficient (Wildman–Crippen LogP) is 4.41. The van der Waals surface area contributed by atoms with Crippen molar-refractivity contribution in [3.63, 3.8) is 0 Å². The minimum Gasteiger partial charge on any atom is -0.322 e. The summed E-state index contributed by atoms with van der Waals surface area (Å²) in [7, 11) is -3.76. The van der Waals surface area contributed by atoms with Gasteiger partial charge in [-0.25, -0.2) is 8.42 Å². The van der Waals surface area contributed by atoms with Gasteiger partial charge < -0.3 is 5.32 Å². The number of rotatable bonds is 6. The highest BCUT2D eigenvalue weighted by Gasteiger charge is 2.15. The van der Waals surface area contributed by atoms with Crippen LogP contribution >= 0.6 is 15.9 Å². The fourth-order valence-corrected chi connectivity index (χ4v) is 3.74. The minimum absolute atomic E-state index is 0.105. The number of nitro groups is 1. The Kier molecular flexibility index (Phi) is 5.95. The van der Waals surface area contributed by atoms with Gasteiger partial charge in [-0.1, -0.05) is 22.0 Å². The van der Waals surface area contributed by atoms with Crippen LogP contribution in [0.25, 0.3) is 0 Å².